The summed E-state index contributed by atoms with van der Waals surface area (Å²) in [7, 11) is 0. The standard InChI is InChI=1S/C15H14Cl2N2O/c1-9(10-3-2-4-12(16)7-10)19-15(20)11-5-6-13(17)14(18)8-11/h2-9H,18H2,1H3,(H,19,20). The molecule has 5 heteroatoms. The lowest BCUT2D eigenvalue weighted by Crippen LogP contribution is -2.26. The number of nitrogens with two attached hydrogens (primary N) is 1. The summed E-state index contributed by atoms with van der Waals surface area (Å²) in [5.74, 6) is -0.208. The minimum absolute atomic E-state index is 0.155. The van der Waals surface area contributed by atoms with Crippen molar-refractivity contribution in [3.05, 3.63) is 63.6 Å². The molecule has 104 valence electrons. The summed E-state index contributed by atoms with van der Waals surface area (Å²) in [6.45, 7) is 1.89. The molecule has 20 heavy (non-hydrogen) atoms. The Morgan fingerprint density at radius 2 is 1.95 bits per heavy atom. The van der Waals surface area contributed by atoms with Gasteiger partial charge in [0.25, 0.3) is 5.91 Å². The number of benzene rings is 2. The largest absolute Gasteiger partial charge is 0.398 e. The number of carbonyl (C=O) groups is 1. The van der Waals surface area contributed by atoms with Gasteiger partial charge in [0.05, 0.1) is 16.8 Å². The van der Waals surface area contributed by atoms with E-state index in [-0.39, 0.29) is 11.9 Å². The number of nitrogen functional groups attached to an aromatic ring is 1. The lowest BCUT2D eigenvalue weighted by Gasteiger charge is -2.15. The van der Waals surface area contributed by atoms with E-state index in [2.05, 4.69) is 5.32 Å². The van der Waals surface area contributed by atoms with Crippen molar-refractivity contribution in [2.24, 2.45) is 0 Å². The van der Waals surface area contributed by atoms with Crippen molar-refractivity contribution >= 4 is 34.8 Å². The second kappa shape index (κ2) is 6.16. The Hall–Kier alpha value is -1.71. The fourth-order valence-corrected chi connectivity index (χ4v) is 2.14. The van der Waals surface area contributed by atoms with E-state index < -0.39 is 0 Å². The van der Waals surface area contributed by atoms with Gasteiger partial charge in [-0.2, -0.15) is 0 Å². The van der Waals surface area contributed by atoms with E-state index in [4.69, 9.17) is 28.9 Å². The van der Waals surface area contributed by atoms with E-state index in [0.29, 0.717) is 21.3 Å². The quantitative estimate of drug-likeness (QED) is 0.840. The topological polar surface area (TPSA) is 55.1 Å². The van der Waals surface area contributed by atoms with Gasteiger partial charge in [0.2, 0.25) is 0 Å². The molecular formula is C15H14Cl2N2O. The molecule has 0 bridgehead atoms. The van der Waals surface area contributed by atoms with Crippen LogP contribution in [-0.2, 0) is 0 Å². The van der Waals surface area contributed by atoms with Gasteiger partial charge in [-0.1, -0.05) is 35.3 Å². The lowest BCUT2D eigenvalue weighted by atomic mass is 10.1. The van der Waals surface area contributed by atoms with Gasteiger partial charge in [0, 0.05) is 10.6 Å². The van der Waals surface area contributed by atoms with Crippen LogP contribution in [0.1, 0.15) is 28.9 Å². The Morgan fingerprint density at radius 3 is 2.60 bits per heavy atom. The van der Waals surface area contributed by atoms with Crippen LogP contribution in [0, 0.1) is 0 Å². The predicted octanol–water partition coefficient (Wildman–Crippen LogP) is 4.07. The number of anilines is 1. The van der Waals surface area contributed by atoms with Gasteiger partial charge in [-0.05, 0) is 42.8 Å². The summed E-state index contributed by atoms with van der Waals surface area (Å²) in [6, 6.07) is 12.0. The van der Waals surface area contributed by atoms with E-state index in [0.717, 1.165) is 5.56 Å². The van der Waals surface area contributed by atoms with Crippen LogP contribution in [0.5, 0.6) is 0 Å². The third kappa shape index (κ3) is 3.44. The fraction of sp³-hybridized carbons (Fsp3) is 0.133. The Balaban J connectivity index is 2.13. The normalized spacial score (nSPS) is 11.9. The second-order valence-corrected chi connectivity index (χ2v) is 5.33. The average Bonchev–Trinajstić information content (AvgIpc) is 2.41. The number of carbonyl (C=O) groups excluding carboxylic acids is 1. The van der Waals surface area contributed by atoms with Crippen molar-refractivity contribution in [3.63, 3.8) is 0 Å². The van der Waals surface area contributed by atoms with Gasteiger partial charge < -0.3 is 11.1 Å². The molecule has 2 aromatic carbocycles. The highest BCUT2D eigenvalue weighted by molar-refractivity contribution is 6.33. The highest BCUT2D eigenvalue weighted by atomic mass is 35.5. The van der Waals surface area contributed by atoms with Crippen molar-refractivity contribution < 1.29 is 4.79 Å². The smallest absolute Gasteiger partial charge is 0.251 e. The first-order valence-electron chi connectivity index (χ1n) is 6.08. The van der Waals surface area contributed by atoms with Crippen LogP contribution >= 0.6 is 23.2 Å². The van der Waals surface area contributed by atoms with E-state index in [1.165, 1.54) is 0 Å². The van der Waals surface area contributed by atoms with Gasteiger partial charge in [-0.15, -0.1) is 0 Å². The summed E-state index contributed by atoms with van der Waals surface area (Å²) in [4.78, 5) is 12.1. The fourth-order valence-electron chi connectivity index (χ4n) is 1.82. The van der Waals surface area contributed by atoms with Crippen LogP contribution in [0.25, 0.3) is 0 Å². The molecule has 0 aliphatic rings. The molecule has 1 unspecified atom stereocenters. The molecule has 0 aliphatic carbocycles. The molecule has 0 heterocycles. The third-order valence-electron chi connectivity index (χ3n) is 2.95. The van der Waals surface area contributed by atoms with Gasteiger partial charge >= 0.3 is 0 Å². The zero-order valence-corrected chi connectivity index (χ0v) is 12.4. The maximum Gasteiger partial charge on any atom is 0.251 e. The summed E-state index contributed by atoms with van der Waals surface area (Å²) in [5, 5.41) is 3.96. The van der Waals surface area contributed by atoms with E-state index in [1.54, 1.807) is 24.3 Å². The number of rotatable bonds is 3. The molecule has 2 rings (SSSR count). The monoisotopic (exact) mass is 308 g/mol. The van der Waals surface area contributed by atoms with Crippen molar-refractivity contribution in [1.82, 2.24) is 5.32 Å². The molecule has 3 N–H and O–H groups in total. The molecule has 0 fully saturated rings. The predicted molar refractivity (Wildman–Crippen MR) is 83.2 cm³/mol. The average molecular weight is 309 g/mol. The Morgan fingerprint density at radius 1 is 1.20 bits per heavy atom. The van der Waals surface area contributed by atoms with Gasteiger partial charge in [0.15, 0.2) is 0 Å². The lowest BCUT2D eigenvalue weighted by molar-refractivity contribution is 0.0940. The molecule has 1 amide bonds. The molecule has 0 aliphatic heterocycles. The molecule has 1 atom stereocenters. The molecular weight excluding hydrogens is 295 g/mol. The Bertz CT molecular complexity index is 644. The van der Waals surface area contributed by atoms with Crippen molar-refractivity contribution in [2.45, 2.75) is 13.0 Å². The zero-order chi connectivity index (χ0) is 14.7. The maximum atomic E-state index is 12.1. The number of halogens is 2. The minimum Gasteiger partial charge on any atom is -0.398 e. The van der Waals surface area contributed by atoms with Crippen LogP contribution < -0.4 is 11.1 Å². The molecule has 0 radical (unpaired) electrons. The number of amides is 1. The van der Waals surface area contributed by atoms with Gasteiger partial charge in [-0.3, -0.25) is 4.79 Å². The van der Waals surface area contributed by atoms with E-state index in [9.17, 15) is 4.79 Å². The summed E-state index contributed by atoms with van der Waals surface area (Å²) >= 11 is 11.8. The Kier molecular flexibility index (Phi) is 4.53. The van der Waals surface area contributed by atoms with Gasteiger partial charge in [0.1, 0.15) is 0 Å². The summed E-state index contributed by atoms with van der Waals surface area (Å²) in [6.07, 6.45) is 0. The molecule has 0 aromatic heterocycles. The van der Waals surface area contributed by atoms with Crippen LogP contribution in [-0.4, -0.2) is 5.91 Å². The number of nitrogens with one attached hydrogen (secondary N) is 1. The molecule has 2 aromatic rings. The maximum absolute atomic E-state index is 12.1. The van der Waals surface area contributed by atoms with Crippen LogP contribution in [0.3, 0.4) is 0 Å². The zero-order valence-electron chi connectivity index (χ0n) is 10.9. The molecule has 0 saturated heterocycles. The molecule has 3 nitrogen and oxygen atoms in total. The molecule has 0 saturated carbocycles. The summed E-state index contributed by atoms with van der Waals surface area (Å²) < 4.78 is 0. The van der Waals surface area contributed by atoms with Crippen molar-refractivity contribution in [1.29, 1.82) is 0 Å². The van der Waals surface area contributed by atoms with Crippen LogP contribution in [0.2, 0.25) is 10.0 Å². The number of hydrogen-bond donors (Lipinski definition) is 2. The van der Waals surface area contributed by atoms with E-state index in [1.807, 2.05) is 25.1 Å². The van der Waals surface area contributed by atoms with Crippen LogP contribution in [0.15, 0.2) is 42.5 Å². The molecule has 0 spiro atoms. The first-order chi connectivity index (χ1) is 9.47. The minimum atomic E-state index is -0.208. The van der Waals surface area contributed by atoms with E-state index >= 15 is 0 Å². The first-order valence-corrected chi connectivity index (χ1v) is 6.84. The van der Waals surface area contributed by atoms with Crippen molar-refractivity contribution in [3.8, 4) is 0 Å². The van der Waals surface area contributed by atoms with Crippen molar-refractivity contribution in [2.75, 3.05) is 5.73 Å². The SMILES string of the molecule is CC(NC(=O)c1ccc(Cl)c(N)c1)c1cccc(Cl)c1. The Labute approximate surface area is 127 Å². The second-order valence-electron chi connectivity index (χ2n) is 4.49. The number of hydrogen-bond acceptors (Lipinski definition) is 2. The van der Waals surface area contributed by atoms with Crippen LogP contribution in [0.4, 0.5) is 5.69 Å². The van der Waals surface area contributed by atoms with Gasteiger partial charge in [-0.25, -0.2) is 0 Å². The first kappa shape index (κ1) is 14.7. The highest BCUT2D eigenvalue weighted by Gasteiger charge is 2.12. The highest BCUT2D eigenvalue weighted by Crippen LogP contribution is 2.21. The third-order valence-corrected chi connectivity index (χ3v) is 3.53. The summed E-state index contributed by atoms with van der Waals surface area (Å²) in [5.41, 5.74) is 7.49.